The minimum atomic E-state index is -2.91. The lowest BCUT2D eigenvalue weighted by molar-refractivity contribution is 0.393. The first-order valence-corrected chi connectivity index (χ1v) is 8.89. The molecule has 0 bridgehead atoms. The van der Waals surface area contributed by atoms with Crippen molar-refractivity contribution in [1.82, 2.24) is 0 Å². The molecule has 0 saturated carbocycles. The van der Waals surface area contributed by atoms with Crippen molar-refractivity contribution in [3.8, 4) is 5.75 Å². The topological polar surface area (TPSA) is 69.4 Å². The minimum Gasteiger partial charge on any atom is -0.497 e. The highest BCUT2D eigenvalue weighted by molar-refractivity contribution is 7.91. The van der Waals surface area contributed by atoms with Crippen LogP contribution >= 0.6 is 0 Å². The number of hydrogen-bond acceptors (Lipinski definition) is 4. The van der Waals surface area contributed by atoms with Crippen molar-refractivity contribution in [1.29, 1.82) is 0 Å². The van der Waals surface area contributed by atoms with Crippen molar-refractivity contribution >= 4 is 9.84 Å². The largest absolute Gasteiger partial charge is 0.497 e. The van der Waals surface area contributed by atoms with E-state index < -0.39 is 15.4 Å². The van der Waals surface area contributed by atoms with Gasteiger partial charge in [0.25, 0.3) is 0 Å². The van der Waals surface area contributed by atoms with Gasteiger partial charge in [0.2, 0.25) is 0 Å². The van der Waals surface area contributed by atoms with Crippen LogP contribution in [0.3, 0.4) is 0 Å². The van der Waals surface area contributed by atoms with Gasteiger partial charge in [-0.05, 0) is 48.9 Å². The molecule has 1 unspecified atom stereocenters. The van der Waals surface area contributed by atoms with Crippen molar-refractivity contribution in [2.45, 2.75) is 38.1 Å². The van der Waals surface area contributed by atoms with Gasteiger partial charge < -0.3 is 10.5 Å². The fraction of sp³-hybridized carbons (Fsp3) is 0.600. The molecule has 2 rings (SSSR count). The lowest BCUT2D eigenvalue weighted by Gasteiger charge is -2.25. The Labute approximate surface area is 121 Å². The number of fused-ring (bicyclic) bond motifs is 1. The normalized spacial score (nSPS) is 21.8. The number of benzene rings is 1. The SMILES string of the molecule is CCS(=O)(=O)CCCC1(N)CCc2ccc(OC)cc21. The molecule has 112 valence electrons. The molecule has 0 spiro atoms. The standard InChI is InChI=1S/C15H23NO3S/c1-3-20(17,18)10-4-8-15(16)9-7-12-5-6-13(19-2)11-14(12)15/h5-6,11H,3-4,7-10,16H2,1-2H3. The van der Waals surface area contributed by atoms with E-state index in [1.54, 1.807) is 14.0 Å². The van der Waals surface area contributed by atoms with E-state index in [1.165, 1.54) is 5.56 Å². The Morgan fingerprint density at radius 1 is 1.40 bits per heavy atom. The third kappa shape index (κ3) is 3.15. The van der Waals surface area contributed by atoms with Crippen molar-refractivity contribution in [2.75, 3.05) is 18.6 Å². The van der Waals surface area contributed by atoms with Crippen LogP contribution in [0.2, 0.25) is 0 Å². The van der Waals surface area contributed by atoms with Gasteiger partial charge in [0, 0.05) is 11.3 Å². The van der Waals surface area contributed by atoms with Crippen molar-refractivity contribution in [3.63, 3.8) is 0 Å². The first-order chi connectivity index (χ1) is 9.40. The summed E-state index contributed by atoms with van der Waals surface area (Å²) >= 11 is 0. The molecule has 1 aromatic rings. The fourth-order valence-electron chi connectivity index (χ4n) is 2.87. The Morgan fingerprint density at radius 2 is 2.15 bits per heavy atom. The van der Waals surface area contributed by atoms with Gasteiger partial charge in [0.1, 0.15) is 15.6 Å². The monoisotopic (exact) mass is 297 g/mol. The molecule has 1 aliphatic carbocycles. The zero-order chi connectivity index (χ0) is 14.8. The third-order valence-electron chi connectivity index (χ3n) is 4.21. The van der Waals surface area contributed by atoms with Crippen LogP contribution in [0.1, 0.15) is 37.3 Å². The van der Waals surface area contributed by atoms with Crippen LogP contribution in [0.5, 0.6) is 5.75 Å². The number of hydrogen-bond donors (Lipinski definition) is 1. The minimum absolute atomic E-state index is 0.203. The van der Waals surface area contributed by atoms with Gasteiger partial charge >= 0.3 is 0 Å². The van der Waals surface area contributed by atoms with Crippen molar-refractivity contribution < 1.29 is 13.2 Å². The highest BCUT2D eigenvalue weighted by atomic mass is 32.2. The third-order valence-corrected chi connectivity index (χ3v) is 6.00. The molecule has 0 fully saturated rings. The number of methoxy groups -OCH3 is 1. The lowest BCUT2D eigenvalue weighted by atomic mass is 9.88. The summed E-state index contributed by atoms with van der Waals surface area (Å²) in [6.45, 7) is 1.68. The van der Waals surface area contributed by atoms with Gasteiger partial charge in [0.05, 0.1) is 12.9 Å². The van der Waals surface area contributed by atoms with Crippen LogP contribution in [0.25, 0.3) is 0 Å². The number of aryl methyl sites for hydroxylation is 1. The second-order valence-electron chi connectivity index (χ2n) is 5.52. The predicted molar refractivity (Wildman–Crippen MR) is 80.7 cm³/mol. The smallest absolute Gasteiger partial charge is 0.150 e. The quantitative estimate of drug-likeness (QED) is 0.872. The number of sulfone groups is 1. The van der Waals surface area contributed by atoms with E-state index in [0.29, 0.717) is 12.8 Å². The predicted octanol–water partition coefficient (Wildman–Crippen LogP) is 2.01. The Bertz CT molecular complexity index is 583. The van der Waals surface area contributed by atoms with E-state index in [1.807, 2.05) is 12.1 Å². The Balaban J connectivity index is 2.10. The highest BCUT2D eigenvalue weighted by Crippen LogP contribution is 2.39. The molecule has 5 heteroatoms. The van der Waals surface area contributed by atoms with Crippen LogP contribution < -0.4 is 10.5 Å². The van der Waals surface area contributed by atoms with Gasteiger partial charge in [-0.15, -0.1) is 0 Å². The van der Waals surface area contributed by atoms with Crippen molar-refractivity contribution in [2.24, 2.45) is 5.73 Å². The Morgan fingerprint density at radius 3 is 2.80 bits per heavy atom. The molecule has 4 nitrogen and oxygen atoms in total. The summed E-state index contributed by atoms with van der Waals surface area (Å²) in [6.07, 6.45) is 3.15. The maximum Gasteiger partial charge on any atom is 0.150 e. The fourth-order valence-corrected chi connectivity index (χ4v) is 3.74. The molecule has 20 heavy (non-hydrogen) atoms. The summed E-state index contributed by atoms with van der Waals surface area (Å²) in [7, 11) is -1.27. The summed E-state index contributed by atoms with van der Waals surface area (Å²) < 4.78 is 28.4. The zero-order valence-corrected chi connectivity index (χ0v) is 13.0. The summed E-state index contributed by atoms with van der Waals surface area (Å²) in [5, 5.41) is 0. The van der Waals surface area contributed by atoms with E-state index in [0.717, 1.165) is 24.2 Å². The zero-order valence-electron chi connectivity index (χ0n) is 12.2. The highest BCUT2D eigenvalue weighted by Gasteiger charge is 2.35. The maximum absolute atomic E-state index is 11.6. The van der Waals surface area contributed by atoms with Crippen molar-refractivity contribution in [3.05, 3.63) is 29.3 Å². The summed E-state index contributed by atoms with van der Waals surface area (Å²) in [4.78, 5) is 0. The molecule has 1 aliphatic rings. The summed E-state index contributed by atoms with van der Waals surface area (Å²) in [5.74, 6) is 1.23. The molecule has 2 N–H and O–H groups in total. The van der Waals surface area contributed by atoms with Crippen LogP contribution in [0.4, 0.5) is 0 Å². The van der Waals surface area contributed by atoms with Gasteiger partial charge in [-0.2, -0.15) is 0 Å². The lowest BCUT2D eigenvalue weighted by Crippen LogP contribution is -2.34. The molecule has 0 amide bonds. The Kier molecular flexibility index (Phi) is 4.39. The summed E-state index contributed by atoms with van der Waals surface area (Å²) in [6, 6.07) is 6.01. The second kappa shape index (κ2) is 5.74. The molecule has 0 aromatic heterocycles. The molecular formula is C15H23NO3S. The molecular weight excluding hydrogens is 274 g/mol. The van der Waals surface area contributed by atoms with E-state index in [2.05, 4.69) is 6.07 Å². The van der Waals surface area contributed by atoms with Crippen LogP contribution in [0, 0.1) is 0 Å². The van der Waals surface area contributed by atoms with Crippen LogP contribution in [-0.2, 0) is 21.8 Å². The molecule has 0 saturated heterocycles. The number of ether oxygens (including phenoxy) is 1. The summed E-state index contributed by atoms with van der Waals surface area (Å²) in [5.41, 5.74) is 8.48. The van der Waals surface area contributed by atoms with Gasteiger partial charge in [-0.1, -0.05) is 13.0 Å². The maximum atomic E-state index is 11.6. The Hall–Kier alpha value is -1.07. The number of rotatable bonds is 6. The average Bonchev–Trinajstić information content (AvgIpc) is 2.76. The second-order valence-corrected chi connectivity index (χ2v) is 7.99. The molecule has 1 aromatic carbocycles. The van der Waals surface area contributed by atoms with Gasteiger partial charge in [0.15, 0.2) is 0 Å². The van der Waals surface area contributed by atoms with E-state index >= 15 is 0 Å². The van der Waals surface area contributed by atoms with E-state index in [-0.39, 0.29) is 11.5 Å². The van der Waals surface area contributed by atoms with E-state index in [4.69, 9.17) is 10.5 Å². The van der Waals surface area contributed by atoms with Gasteiger partial charge in [-0.3, -0.25) is 0 Å². The average molecular weight is 297 g/mol. The first kappa shape index (κ1) is 15.3. The van der Waals surface area contributed by atoms with E-state index in [9.17, 15) is 8.42 Å². The number of nitrogens with two attached hydrogens (primary N) is 1. The molecule has 0 aliphatic heterocycles. The molecule has 0 heterocycles. The van der Waals surface area contributed by atoms with Crippen LogP contribution in [0.15, 0.2) is 18.2 Å². The first-order valence-electron chi connectivity index (χ1n) is 7.07. The van der Waals surface area contributed by atoms with Gasteiger partial charge in [-0.25, -0.2) is 8.42 Å². The molecule has 0 radical (unpaired) electrons. The van der Waals surface area contributed by atoms with Crippen LogP contribution in [-0.4, -0.2) is 27.0 Å². The molecule has 1 atom stereocenters.